The minimum absolute atomic E-state index is 0.0114. The van der Waals surface area contributed by atoms with E-state index in [0.29, 0.717) is 11.2 Å². The Morgan fingerprint density at radius 3 is 2.70 bits per heavy atom. The lowest BCUT2D eigenvalue weighted by Crippen LogP contribution is -2.22. The molecule has 1 heterocycles. The van der Waals surface area contributed by atoms with Gasteiger partial charge in [-0.1, -0.05) is 36.4 Å². The second kappa shape index (κ2) is 8.59. The molecule has 0 aliphatic heterocycles. The van der Waals surface area contributed by atoms with Crippen LogP contribution in [0.15, 0.2) is 73.0 Å². The summed E-state index contributed by atoms with van der Waals surface area (Å²) in [7, 11) is 0. The minimum Gasteiger partial charge on any atom is -0.338 e. The number of imidazole rings is 1. The van der Waals surface area contributed by atoms with Crippen LogP contribution in [0.2, 0.25) is 5.02 Å². The lowest BCUT2D eigenvalue weighted by Gasteiger charge is -2.11. The smallest absolute Gasteiger partial charge is 0.338 e. The van der Waals surface area contributed by atoms with Crippen LogP contribution in [0, 0.1) is 0 Å². The van der Waals surface area contributed by atoms with Gasteiger partial charge in [-0.25, -0.2) is 4.98 Å². The average molecular weight is 432 g/mol. The summed E-state index contributed by atoms with van der Waals surface area (Å²) >= 11 is 5.75. The van der Waals surface area contributed by atoms with E-state index in [2.05, 4.69) is 21.9 Å². The first-order valence-electron chi connectivity index (χ1n) is 8.87. The number of nitrogens with one attached hydrogen (secondary N) is 2. The van der Waals surface area contributed by atoms with Crippen LogP contribution in [-0.2, 0) is 6.18 Å². The molecule has 0 unspecified atom stereocenters. The fraction of sp³-hybridized carbons (Fsp3) is 0.0909. The molecule has 2 N–H and O–H groups in total. The van der Waals surface area contributed by atoms with Gasteiger partial charge in [0.2, 0.25) is 0 Å². The normalized spacial score (nSPS) is 12.5. The number of carbonyl (C=O) groups is 1. The number of para-hydroxylation sites is 1. The maximum atomic E-state index is 13.5. The van der Waals surface area contributed by atoms with Crippen LogP contribution in [0.3, 0.4) is 0 Å². The van der Waals surface area contributed by atoms with E-state index in [4.69, 9.17) is 11.6 Å². The van der Waals surface area contributed by atoms with Gasteiger partial charge in [-0.05, 0) is 49.4 Å². The quantitative estimate of drug-likeness (QED) is 0.467. The zero-order chi connectivity index (χ0) is 21.9. The Hall–Kier alpha value is -3.32. The number of rotatable bonds is 5. The molecule has 0 bridgehead atoms. The van der Waals surface area contributed by atoms with Gasteiger partial charge in [0.1, 0.15) is 11.3 Å². The third-order valence-corrected chi connectivity index (χ3v) is 4.48. The number of nitrogens with zero attached hydrogens (tertiary/aromatic N) is 1. The summed E-state index contributed by atoms with van der Waals surface area (Å²) in [5.41, 5.74) is 0.298. The van der Waals surface area contributed by atoms with Crippen molar-refractivity contribution >= 4 is 28.5 Å². The van der Waals surface area contributed by atoms with Crippen LogP contribution in [0.4, 0.5) is 13.2 Å². The Morgan fingerprint density at radius 1 is 1.27 bits per heavy atom. The Bertz CT molecular complexity index is 1180. The predicted octanol–water partition coefficient (Wildman–Crippen LogP) is 6.28. The largest absolute Gasteiger partial charge is 0.417 e. The van der Waals surface area contributed by atoms with Crippen molar-refractivity contribution in [2.75, 3.05) is 0 Å². The molecule has 0 fully saturated rings. The topological polar surface area (TPSA) is 57.8 Å². The summed E-state index contributed by atoms with van der Waals surface area (Å²) < 4.78 is 40.4. The molecule has 4 nitrogen and oxygen atoms in total. The standard InChI is InChI=1S/C22H17ClF3N3O/c1-3-5-7-14(4-2)27-21(30)16-8-6-9-18-19(16)29-20(28-18)15-11-10-13(23)12-17(15)22(24,25)26/h3-12H,2H2,1H3,(H,27,30)(H,28,29)/b5-3-,14-7+. The van der Waals surface area contributed by atoms with Gasteiger partial charge in [0.05, 0.1) is 16.6 Å². The van der Waals surface area contributed by atoms with E-state index < -0.39 is 17.6 Å². The molecule has 154 valence electrons. The van der Waals surface area contributed by atoms with E-state index in [9.17, 15) is 18.0 Å². The average Bonchev–Trinajstić information content (AvgIpc) is 3.14. The zero-order valence-electron chi connectivity index (χ0n) is 15.8. The van der Waals surface area contributed by atoms with E-state index in [-0.39, 0.29) is 27.5 Å². The van der Waals surface area contributed by atoms with Crippen molar-refractivity contribution in [3.8, 4) is 11.4 Å². The van der Waals surface area contributed by atoms with Crippen LogP contribution in [0.25, 0.3) is 22.4 Å². The molecule has 3 aromatic rings. The van der Waals surface area contributed by atoms with Crippen molar-refractivity contribution in [3.63, 3.8) is 0 Å². The number of aromatic nitrogens is 2. The first-order valence-corrected chi connectivity index (χ1v) is 9.25. The molecule has 0 spiro atoms. The van der Waals surface area contributed by atoms with Crippen LogP contribution >= 0.6 is 11.6 Å². The van der Waals surface area contributed by atoms with E-state index >= 15 is 0 Å². The lowest BCUT2D eigenvalue weighted by atomic mass is 10.1. The van der Waals surface area contributed by atoms with Crippen LogP contribution in [0.5, 0.6) is 0 Å². The molecule has 1 amide bonds. The minimum atomic E-state index is -4.62. The summed E-state index contributed by atoms with van der Waals surface area (Å²) in [4.78, 5) is 19.9. The molecule has 0 radical (unpaired) electrons. The predicted molar refractivity (Wildman–Crippen MR) is 112 cm³/mol. The molecular weight excluding hydrogens is 415 g/mol. The number of alkyl halides is 3. The number of carbonyl (C=O) groups excluding carboxylic acids is 1. The molecule has 0 aliphatic carbocycles. The van der Waals surface area contributed by atoms with Gasteiger partial charge in [0.15, 0.2) is 0 Å². The zero-order valence-corrected chi connectivity index (χ0v) is 16.6. The Labute approximate surface area is 175 Å². The Morgan fingerprint density at radius 2 is 2.03 bits per heavy atom. The van der Waals surface area contributed by atoms with Gasteiger partial charge in [-0.2, -0.15) is 13.2 Å². The van der Waals surface area contributed by atoms with Gasteiger partial charge in [-0.15, -0.1) is 0 Å². The van der Waals surface area contributed by atoms with Crippen LogP contribution < -0.4 is 5.32 Å². The lowest BCUT2D eigenvalue weighted by molar-refractivity contribution is -0.137. The van der Waals surface area contributed by atoms with E-state index in [1.54, 1.807) is 36.4 Å². The number of allylic oxidation sites excluding steroid dienone is 4. The Balaban J connectivity index is 2.08. The number of hydrogen-bond acceptors (Lipinski definition) is 2. The summed E-state index contributed by atoms with van der Waals surface area (Å²) in [6, 6.07) is 8.25. The second-order valence-corrected chi connectivity index (χ2v) is 6.72. The Kier molecular flexibility index (Phi) is 6.12. The fourth-order valence-corrected chi connectivity index (χ4v) is 3.03. The van der Waals surface area contributed by atoms with Crippen molar-refractivity contribution in [1.82, 2.24) is 15.3 Å². The SMILES string of the molecule is C=C/C(=C\C=C/C)NC(=O)c1cccc2[nH]c(-c3ccc(Cl)cc3C(F)(F)F)nc12. The molecule has 3 rings (SSSR count). The third-order valence-electron chi connectivity index (χ3n) is 4.25. The third kappa shape index (κ3) is 4.46. The van der Waals surface area contributed by atoms with Crippen molar-refractivity contribution in [1.29, 1.82) is 0 Å². The summed E-state index contributed by atoms with van der Waals surface area (Å²) in [6.07, 6.45) is 2.07. The van der Waals surface area contributed by atoms with Crippen molar-refractivity contribution in [3.05, 3.63) is 89.1 Å². The summed E-state index contributed by atoms with van der Waals surface area (Å²) in [5.74, 6) is -0.468. The first-order chi connectivity index (χ1) is 14.2. The molecule has 8 heteroatoms. The number of benzene rings is 2. The highest BCUT2D eigenvalue weighted by atomic mass is 35.5. The van der Waals surface area contributed by atoms with E-state index in [1.807, 2.05) is 6.92 Å². The highest BCUT2D eigenvalue weighted by Gasteiger charge is 2.34. The highest BCUT2D eigenvalue weighted by molar-refractivity contribution is 6.30. The molecule has 2 aromatic carbocycles. The molecule has 30 heavy (non-hydrogen) atoms. The maximum Gasteiger partial charge on any atom is 0.417 e. The van der Waals surface area contributed by atoms with Gasteiger partial charge in [0, 0.05) is 16.3 Å². The summed E-state index contributed by atoms with van der Waals surface area (Å²) in [6.45, 7) is 5.48. The number of hydrogen-bond donors (Lipinski definition) is 2. The van der Waals surface area contributed by atoms with E-state index in [1.165, 1.54) is 18.2 Å². The second-order valence-electron chi connectivity index (χ2n) is 6.28. The molecular formula is C22H17ClF3N3O. The molecule has 1 aromatic heterocycles. The van der Waals surface area contributed by atoms with Gasteiger partial charge in [0.25, 0.3) is 5.91 Å². The summed E-state index contributed by atoms with van der Waals surface area (Å²) in [5, 5.41) is 2.67. The van der Waals surface area contributed by atoms with Gasteiger partial charge >= 0.3 is 6.18 Å². The van der Waals surface area contributed by atoms with Crippen LogP contribution in [-0.4, -0.2) is 15.9 Å². The van der Waals surface area contributed by atoms with Gasteiger partial charge in [-0.3, -0.25) is 4.79 Å². The fourth-order valence-electron chi connectivity index (χ4n) is 2.86. The molecule has 0 saturated heterocycles. The van der Waals surface area contributed by atoms with Gasteiger partial charge < -0.3 is 10.3 Å². The van der Waals surface area contributed by atoms with Crippen molar-refractivity contribution in [2.45, 2.75) is 13.1 Å². The number of amides is 1. The maximum absolute atomic E-state index is 13.5. The monoisotopic (exact) mass is 431 g/mol. The van der Waals surface area contributed by atoms with Crippen molar-refractivity contribution in [2.24, 2.45) is 0 Å². The number of H-pyrrole nitrogens is 1. The number of halogens is 4. The first kappa shape index (κ1) is 21.4. The number of fused-ring (bicyclic) bond motifs is 1. The van der Waals surface area contributed by atoms with Crippen LogP contribution in [0.1, 0.15) is 22.8 Å². The number of aromatic amines is 1. The molecule has 0 saturated carbocycles. The molecule has 0 atom stereocenters. The highest BCUT2D eigenvalue weighted by Crippen LogP contribution is 2.38. The molecule has 0 aliphatic rings. The van der Waals surface area contributed by atoms with E-state index in [0.717, 1.165) is 6.07 Å². The van der Waals surface area contributed by atoms with Crippen molar-refractivity contribution < 1.29 is 18.0 Å².